The zero-order valence-corrected chi connectivity index (χ0v) is 14.7. The first-order valence-corrected chi connectivity index (χ1v) is 9.09. The molecule has 5 nitrogen and oxygen atoms in total. The average Bonchev–Trinajstić information content (AvgIpc) is 3.24. The highest BCUT2D eigenvalue weighted by atomic mass is 32.1. The summed E-state index contributed by atoms with van der Waals surface area (Å²) in [6, 6.07) is 2.08. The second kappa shape index (κ2) is 6.83. The van der Waals surface area contributed by atoms with Gasteiger partial charge in [0.05, 0.1) is 17.2 Å². The molecule has 0 spiro atoms. The maximum Gasteiger partial charge on any atom is 0.223 e. The first-order chi connectivity index (χ1) is 11.1. The molecule has 1 saturated heterocycles. The van der Waals surface area contributed by atoms with Crippen molar-refractivity contribution >= 4 is 17.2 Å². The maximum atomic E-state index is 12.6. The van der Waals surface area contributed by atoms with Crippen molar-refractivity contribution in [3.63, 3.8) is 0 Å². The van der Waals surface area contributed by atoms with Gasteiger partial charge in [-0.3, -0.25) is 4.79 Å². The summed E-state index contributed by atoms with van der Waals surface area (Å²) in [6.07, 6.45) is 3.30. The van der Waals surface area contributed by atoms with E-state index in [0.717, 1.165) is 43.0 Å². The Hall–Kier alpha value is -1.69. The Morgan fingerprint density at radius 2 is 2.35 bits per heavy atom. The molecule has 0 radical (unpaired) electrons. The van der Waals surface area contributed by atoms with Crippen LogP contribution in [0.25, 0.3) is 0 Å². The molecule has 124 valence electrons. The molecule has 2 aromatic heterocycles. The Morgan fingerprint density at radius 1 is 1.52 bits per heavy atom. The van der Waals surface area contributed by atoms with E-state index in [1.54, 1.807) is 11.3 Å². The van der Waals surface area contributed by atoms with E-state index in [9.17, 15) is 4.79 Å². The van der Waals surface area contributed by atoms with Crippen molar-refractivity contribution in [2.24, 2.45) is 0 Å². The van der Waals surface area contributed by atoms with Crippen molar-refractivity contribution in [2.75, 3.05) is 6.54 Å². The number of carbonyl (C=O) groups excluding carboxylic acids is 1. The van der Waals surface area contributed by atoms with Gasteiger partial charge in [0.25, 0.3) is 0 Å². The number of carbonyl (C=O) groups is 1. The lowest BCUT2D eigenvalue weighted by Crippen LogP contribution is -2.30. The maximum absolute atomic E-state index is 12.6. The lowest BCUT2D eigenvalue weighted by molar-refractivity contribution is -0.132. The molecular weight excluding hydrogens is 310 g/mol. The number of thiazole rings is 1. The Kier molecular flexibility index (Phi) is 4.80. The lowest BCUT2D eigenvalue weighted by Gasteiger charge is -2.23. The SMILES string of the molecule is Cc1ncsc1CCC(=O)N1CCCC1c1cc(C(C)C)on1. The van der Waals surface area contributed by atoms with E-state index in [0.29, 0.717) is 12.3 Å². The zero-order chi connectivity index (χ0) is 16.4. The van der Waals surface area contributed by atoms with Crippen LogP contribution in [0.1, 0.15) is 67.1 Å². The van der Waals surface area contributed by atoms with E-state index >= 15 is 0 Å². The molecule has 3 heterocycles. The summed E-state index contributed by atoms with van der Waals surface area (Å²) in [4.78, 5) is 20.0. The van der Waals surface area contributed by atoms with E-state index in [-0.39, 0.29) is 11.9 Å². The van der Waals surface area contributed by atoms with E-state index in [4.69, 9.17) is 4.52 Å². The van der Waals surface area contributed by atoms with Gasteiger partial charge in [-0.1, -0.05) is 19.0 Å². The summed E-state index contributed by atoms with van der Waals surface area (Å²) in [5.74, 6) is 1.41. The van der Waals surface area contributed by atoms with Crippen LogP contribution in [0.2, 0.25) is 0 Å². The van der Waals surface area contributed by atoms with Gasteiger partial charge in [0.2, 0.25) is 5.91 Å². The number of aryl methyl sites for hydroxylation is 2. The molecule has 23 heavy (non-hydrogen) atoms. The highest BCUT2D eigenvalue weighted by molar-refractivity contribution is 7.09. The zero-order valence-electron chi connectivity index (χ0n) is 13.9. The minimum Gasteiger partial charge on any atom is -0.361 e. The van der Waals surface area contributed by atoms with Crippen molar-refractivity contribution in [3.8, 4) is 0 Å². The molecular formula is C17H23N3O2S. The minimum atomic E-state index is 0.0707. The van der Waals surface area contributed by atoms with Crippen molar-refractivity contribution in [3.05, 3.63) is 33.6 Å². The first-order valence-electron chi connectivity index (χ1n) is 8.21. The third-order valence-corrected chi connectivity index (χ3v) is 5.44. The monoisotopic (exact) mass is 333 g/mol. The Bertz CT molecular complexity index is 677. The summed E-state index contributed by atoms with van der Waals surface area (Å²) in [7, 11) is 0. The number of nitrogens with zero attached hydrogens (tertiary/aromatic N) is 3. The van der Waals surface area contributed by atoms with Crippen LogP contribution in [0.3, 0.4) is 0 Å². The van der Waals surface area contributed by atoms with E-state index in [1.807, 2.05) is 23.4 Å². The molecule has 1 atom stereocenters. The molecule has 1 aliphatic rings. The number of amides is 1. The van der Waals surface area contributed by atoms with Crippen molar-refractivity contribution in [1.82, 2.24) is 15.0 Å². The van der Waals surface area contributed by atoms with E-state index in [2.05, 4.69) is 24.0 Å². The molecule has 1 amide bonds. The van der Waals surface area contributed by atoms with Crippen molar-refractivity contribution in [2.45, 2.75) is 58.4 Å². The molecule has 0 N–H and O–H groups in total. The minimum absolute atomic E-state index is 0.0707. The normalized spacial score (nSPS) is 18.1. The Morgan fingerprint density at radius 3 is 3.00 bits per heavy atom. The number of likely N-dealkylation sites (tertiary alicyclic amines) is 1. The average molecular weight is 333 g/mol. The molecule has 6 heteroatoms. The van der Waals surface area contributed by atoms with Gasteiger partial charge >= 0.3 is 0 Å². The highest BCUT2D eigenvalue weighted by Gasteiger charge is 2.32. The van der Waals surface area contributed by atoms with Gasteiger partial charge in [0, 0.05) is 29.8 Å². The van der Waals surface area contributed by atoms with Gasteiger partial charge in [-0.2, -0.15) is 0 Å². The fraction of sp³-hybridized carbons (Fsp3) is 0.588. The molecule has 2 aromatic rings. The molecule has 0 aromatic carbocycles. The third kappa shape index (κ3) is 3.47. The summed E-state index contributed by atoms with van der Waals surface area (Å²) >= 11 is 1.63. The first kappa shape index (κ1) is 16.2. The van der Waals surface area contributed by atoms with Gasteiger partial charge in [-0.15, -0.1) is 11.3 Å². The highest BCUT2D eigenvalue weighted by Crippen LogP contribution is 2.33. The third-order valence-electron chi connectivity index (χ3n) is 4.44. The molecule has 0 aliphatic carbocycles. The van der Waals surface area contributed by atoms with Crippen LogP contribution >= 0.6 is 11.3 Å². The fourth-order valence-corrected chi connectivity index (χ4v) is 3.82. The van der Waals surface area contributed by atoms with Crippen LogP contribution in [-0.4, -0.2) is 27.5 Å². The summed E-state index contributed by atoms with van der Waals surface area (Å²) in [5, 5.41) is 4.20. The molecule has 3 rings (SSSR count). The predicted molar refractivity (Wildman–Crippen MR) is 89.5 cm³/mol. The Balaban J connectivity index is 1.65. The second-order valence-corrected chi connectivity index (χ2v) is 7.35. The lowest BCUT2D eigenvalue weighted by atomic mass is 10.1. The molecule has 0 saturated carbocycles. The Labute approximate surface area is 140 Å². The van der Waals surface area contributed by atoms with Crippen molar-refractivity contribution in [1.29, 1.82) is 0 Å². The van der Waals surface area contributed by atoms with Gasteiger partial charge in [0.1, 0.15) is 11.5 Å². The topological polar surface area (TPSA) is 59.2 Å². The van der Waals surface area contributed by atoms with Crippen LogP contribution in [0.5, 0.6) is 0 Å². The van der Waals surface area contributed by atoms with Crippen LogP contribution in [0.4, 0.5) is 0 Å². The summed E-state index contributed by atoms with van der Waals surface area (Å²) < 4.78 is 5.41. The molecule has 0 bridgehead atoms. The van der Waals surface area contributed by atoms with Crippen LogP contribution in [-0.2, 0) is 11.2 Å². The summed E-state index contributed by atoms with van der Waals surface area (Å²) in [5.41, 5.74) is 3.78. The van der Waals surface area contributed by atoms with E-state index in [1.165, 1.54) is 4.88 Å². The number of rotatable bonds is 5. The van der Waals surface area contributed by atoms with Crippen LogP contribution < -0.4 is 0 Å². The number of hydrogen-bond acceptors (Lipinski definition) is 5. The fourth-order valence-electron chi connectivity index (χ4n) is 3.04. The van der Waals surface area contributed by atoms with Crippen LogP contribution in [0, 0.1) is 6.92 Å². The summed E-state index contributed by atoms with van der Waals surface area (Å²) in [6.45, 7) is 6.98. The van der Waals surface area contributed by atoms with Gasteiger partial charge in [-0.25, -0.2) is 4.98 Å². The van der Waals surface area contributed by atoms with E-state index < -0.39 is 0 Å². The van der Waals surface area contributed by atoms with Crippen LogP contribution in [0.15, 0.2) is 16.1 Å². The molecule has 1 fully saturated rings. The van der Waals surface area contributed by atoms with Gasteiger partial charge in [0.15, 0.2) is 0 Å². The van der Waals surface area contributed by atoms with Gasteiger partial charge in [-0.05, 0) is 26.2 Å². The molecule has 1 unspecified atom stereocenters. The predicted octanol–water partition coefficient (Wildman–Crippen LogP) is 3.86. The second-order valence-electron chi connectivity index (χ2n) is 6.41. The number of aromatic nitrogens is 2. The van der Waals surface area contributed by atoms with Gasteiger partial charge < -0.3 is 9.42 Å². The van der Waals surface area contributed by atoms with Crippen molar-refractivity contribution < 1.29 is 9.32 Å². The smallest absolute Gasteiger partial charge is 0.223 e. The largest absolute Gasteiger partial charge is 0.361 e. The standard InChI is InChI=1S/C17H23N3O2S/c1-11(2)15-9-13(19-22-15)14-5-4-8-20(14)17(21)7-6-16-12(3)18-10-23-16/h9-11,14H,4-8H2,1-3H3. The molecule has 1 aliphatic heterocycles. The quantitative estimate of drug-likeness (QED) is 0.833. The number of hydrogen-bond donors (Lipinski definition) is 0.